The van der Waals surface area contributed by atoms with Gasteiger partial charge < -0.3 is 0 Å². The Bertz CT molecular complexity index is 1290. The molecule has 0 aliphatic carbocycles. The lowest BCUT2D eigenvalue weighted by molar-refractivity contribution is -0.136. The van der Waals surface area contributed by atoms with Crippen LogP contribution in [-0.4, -0.2) is 40.3 Å². The zero-order valence-electron chi connectivity index (χ0n) is 17.5. The summed E-state index contributed by atoms with van der Waals surface area (Å²) in [6.45, 7) is 1.27. The van der Waals surface area contributed by atoms with Crippen LogP contribution in [0, 0.1) is 0 Å². The normalized spacial score (nSPS) is 11.8. The number of nitrogens with zero attached hydrogens (tertiary/aromatic N) is 7. The van der Waals surface area contributed by atoms with Crippen molar-refractivity contribution in [2.75, 3.05) is 0 Å². The molecule has 3 heterocycles. The van der Waals surface area contributed by atoms with Crippen LogP contribution in [0.2, 0.25) is 5.02 Å². The zero-order chi connectivity index (χ0) is 23.6. The molecule has 172 valence electrons. The molecule has 0 aliphatic rings. The second-order valence-electron chi connectivity index (χ2n) is 7.20. The first-order valence-corrected chi connectivity index (χ1v) is 10.5. The van der Waals surface area contributed by atoms with Gasteiger partial charge in [0.15, 0.2) is 11.6 Å². The molecule has 0 N–H and O–H groups in total. The number of hydrogen-bond donors (Lipinski definition) is 0. The summed E-state index contributed by atoms with van der Waals surface area (Å²) < 4.78 is 42.3. The predicted molar refractivity (Wildman–Crippen MR) is 115 cm³/mol. The molecule has 0 saturated heterocycles. The molecule has 3 aromatic heterocycles. The molecule has 0 atom stereocenters. The lowest BCUT2D eigenvalue weighted by Crippen LogP contribution is -2.27. The molecule has 12 heteroatoms. The van der Waals surface area contributed by atoms with Crippen molar-refractivity contribution in [3.63, 3.8) is 0 Å². The van der Waals surface area contributed by atoms with Gasteiger partial charge in [0.05, 0.1) is 12.1 Å². The second-order valence-corrected chi connectivity index (χ2v) is 7.64. The highest BCUT2D eigenvalue weighted by molar-refractivity contribution is 6.30. The average molecular weight is 478 g/mol. The van der Waals surface area contributed by atoms with Gasteiger partial charge in [0.2, 0.25) is 0 Å². The summed E-state index contributed by atoms with van der Waals surface area (Å²) in [6.07, 6.45) is -1.74. The average Bonchev–Trinajstić information content (AvgIpc) is 3.34. The minimum Gasteiger partial charge on any atom is -0.275 e. The van der Waals surface area contributed by atoms with Gasteiger partial charge in [-0.15, -0.1) is 10.2 Å². The van der Waals surface area contributed by atoms with Crippen LogP contribution in [0.5, 0.6) is 0 Å². The van der Waals surface area contributed by atoms with Gasteiger partial charge in [-0.1, -0.05) is 18.5 Å². The number of rotatable bonds is 7. The Balaban J connectivity index is 1.72. The topological polar surface area (TPSA) is 83.4 Å². The molecule has 1 aromatic carbocycles. The number of aromatic nitrogens is 7. The number of hydrogen-bond acceptors (Lipinski definition) is 5. The molecule has 0 unspecified atom stereocenters. The molecule has 0 fully saturated rings. The third kappa shape index (κ3) is 5.14. The molecule has 33 heavy (non-hydrogen) atoms. The molecule has 0 radical (unpaired) electrons. The summed E-state index contributed by atoms with van der Waals surface area (Å²) in [6, 6.07) is 9.91. The fourth-order valence-electron chi connectivity index (χ4n) is 3.31. The molecule has 0 amide bonds. The number of benzene rings is 1. The fraction of sp³-hybridized carbons (Fsp3) is 0.286. The van der Waals surface area contributed by atoms with Crippen molar-refractivity contribution < 1.29 is 13.2 Å². The highest BCUT2D eigenvalue weighted by Gasteiger charge is 2.28. The van der Waals surface area contributed by atoms with Gasteiger partial charge in [0.1, 0.15) is 12.4 Å². The van der Waals surface area contributed by atoms with Gasteiger partial charge in [-0.05, 0) is 36.4 Å². The highest BCUT2D eigenvalue weighted by Crippen LogP contribution is 2.23. The summed E-state index contributed by atoms with van der Waals surface area (Å²) >= 11 is 5.92. The van der Waals surface area contributed by atoms with Crippen LogP contribution in [0.3, 0.4) is 0 Å². The minimum absolute atomic E-state index is 0.0937. The molecule has 0 bridgehead atoms. The van der Waals surface area contributed by atoms with E-state index in [4.69, 9.17) is 11.6 Å². The first kappa shape index (κ1) is 22.7. The van der Waals surface area contributed by atoms with Crippen molar-refractivity contribution in [2.24, 2.45) is 0 Å². The van der Waals surface area contributed by atoms with Gasteiger partial charge >= 0.3 is 11.9 Å². The molecule has 4 aromatic rings. The molecular weight excluding hydrogens is 459 g/mol. The second kappa shape index (κ2) is 9.18. The Morgan fingerprint density at radius 3 is 2.36 bits per heavy atom. The van der Waals surface area contributed by atoms with E-state index < -0.39 is 24.8 Å². The lowest BCUT2D eigenvalue weighted by atomic mass is 10.2. The van der Waals surface area contributed by atoms with Crippen molar-refractivity contribution in [1.29, 1.82) is 0 Å². The fourth-order valence-corrected chi connectivity index (χ4v) is 3.44. The maximum Gasteiger partial charge on any atom is 0.390 e. The van der Waals surface area contributed by atoms with E-state index in [1.165, 1.54) is 0 Å². The Morgan fingerprint density at radius 1 is 1.03 bits per heavy atom. The van der Waals surface area contributed by atoms with Crippen LogP contribution in [0.15, 0.2) is 53.6 Å². The van der Waals surface area contributed by atoms with Gasteiger partial charge in [-0.3, -0.25) is 9.55 Å². The quantitative estimate of drug-likeness (QED) is 0.403. The van der Waals surface area contributed by atoms with Gasteiger partial charge in [0, 0.05) is 35.9 Å². The highest BCUT2D eigenvalue weighted by atomic mass is 35.5. The van der Waals surface area contributed by atoms with Crippen molar-refractivity contribution >= 4 is 11.6 Å². The van der Waals surface area contributed by atoms with E-state index in [9.17, 15) is 18.0 Å². The van der Waals surface area contributed by atoms with Crippen LogP contribution >= 0.6 is 11.6 Å². The molecule has 0 saturated carbocycles. The summed E-state index contributed by atoms with van der Waals surface area (Å²) in [5.41, 5.74) is 0.551. The summed E-state index contributed by atoms with van der Waals surface area (Å²) in [5, 5.41) is 9.23. The summed E-state index contributed by atoms with van der Waals surface area (Å²) in [7, 11) is 0. The maximum absolute atomic E-state index is 13.0. The van der Waals surface area contributed by atoms with Crippen LogP contribution in [0.4, 0.5) is 13.2 Å². The van der Waals surface area contributed by atoms with E-state index >= 15 is 0 Å². The van der Waals surface area contributed by atoms with Gasteiger partial charge in [0.25, 0.3) is 0 Å². The zero-order valence-corrected chi connectivity index (χ0v) is 18.3. The number of aryl methyl sites for hydroxylation is 1. The van der Waals surface area contributed by atoms with Crippen molar-refractivity contribution in [2.45, 2.75) is 39.0 Å². The van der Waals surface area contributed by atoms with Crippen LogP contribution in [0.25, 0.3) is 17.1 Å². The van der Waals surface area contributed by atoms with E-state index in [2.05, 4.69) is 20.2 Å². The molecule has 0 spiro atoms. The van der Waals surface area contributed by atoms with Gasteiger partial charge in [-0.2, -0.15) is 13.2 Å². The molecule has 8 nitrogen and oxygen atoms in total. The number of pyridine rings is 1. The third-order valence-electron chi connectivity index (χ3n) is 4.88. The van der Waals surface area contributed by atoms with Crippen LogP contribution in [-0.2, 0) is 19.5 Å². The van der Waals surface area contributed by atoms with Crippen molar-refractivity contribution in [1.82, 2.24) is 34.1 Å². The Kier molecular flexibility index (Phi) is 6.32. The van der Waals surface area contributed by atoms with Crippen molar-refractivity contribution in [3.8, 4) is 17.1 Å². The number of alkyl halides is 3. The Labute approximate surface area is 191 Å². The maximum atomic E-state index is 13.0. The monoisotopic (exact) mass is 477 g/mol. The lowest BCUT2D eigenvalue weighted by Gasteiger charge is -2.08. The first-order chi connectivity index (χ1) is 15.7. The van der Waals surface area contributed by atoms with E-state index in [-0.39, 0.29) is 12.4 Å². The van der Waals surface area contributed by atoms with Crippen LogP contribution < -0.4 is 5.69 Å². The minimum atomic E-state index is -4.42. The Morgan fingerprint density at radius 2 is 1.73 bits per heavy atom. The largest absolute Gasteiger partial charge is 0.390 e. The standard InChI is InChI=1S/C21H19ClF3N7O/c1-2-18-27-17(28-32(18)16-7-10-26-11-8-16)13-31-20(33)30(12-9-21(23,24)25)19(29-31)14-3-5-15(22)6-4-14/h3-8,10-11H,2,9,12-13H2,1H3. The van der Waals surface area contributed by atoms with E-state index in [1.807, 2.05) is 6.92 Å². The molecule has 4 rings (SSSR count). The van der Waals surface area contributed by atoms with Gasteiger partial charge in [-0.25, -0.2) is 19.1 Å². The van der Waals surface area contributed by atoms with E-state index in [1.54, 1.807) is 53.5 Å². The number of halogens is 4. The first-order valence-electron chi connectivity index (χ1n) is 10.1. The summed E-state index contributed by atoms with van der Waals surface area (Å²) in [5.74, 6) is 1.10. The summed E-state index contributed by atoms with van der Waals surface area (Å²) in [4.78, 5) is 21.4. The predicted octanol–water partition coefficient (Wildman–Crippen LogP) is 3.90. The molecule has 0 aliphatic heterocycles. The van der Waals surface area contributed by atoms with E-state index in [0.29, 0.717) is 28.7 Å². The van der Waals surface area contributed by atoms with Crippen molar-refractivity contribution in [3.05, 3.63) is 75.9 Å². The Hall–Kier alpha value is -3.47. The van der Waals surface area contributed by atoms with E-state index in [0.717, 1.165) is 14.9 Å². The third-order valence-corrected chi connectivity index (χ3v) is 5.13. The SMILES string of the molecule is CCc1nc(Cn2nc(-c3ccc(Cl)cc3)n(CCC(F)(F)F)c2=O)nn1-c1ccncc1. The molecular formula is C21H19ClF3N7O. The van der Waals surface area contributed by atoms with Crippen LogP contribution in [0.1, 0.15) is 25.0 Å². The smallest absolute Gasteiger partial charge is 0.275 e.